The lowest BCUT2D eigenvalue weighted by atomic mass is 10.0. The van der Waals surface area contributed by atoms with E-state index in [0.717, 1.165) is 30.8 Å². The summed E-state index contributed by atoms with van der Waals surface area (Å²) in [6, 6.07) is 4.55. The quantitative estimate of drug-likeness (QED) is 0.859. The summed E-state index contributed by atoms with van der Waals surface area (Å²) in [4.78, 5) is 7.55. The number of likely N-dealkylation sites (tertiary alicyclic amines) is 3. The van der Waals surface area contributed by atoms with Crippen LogP contribution in [0.2, 0.25) is 0 Å². The van der Waals surface area contributed by atoms with Crippen molar-refractivity contribution in [1.29, 1.82) is 0 Å². The van der Waals surface area contributed by atoms with Gasteiger partial charge < -0.3 is 5.11 Å². The summed E-state index contributed by atoms with van der Waals surface area (Å²) in [5.41, 5.74) is 3.68. The van der Waals surface area contributed by atoms with Gasteiger partial charge in [-0.15, -0.1) is 0 Å². The van der Waals surface area contributed by atoms with Gasteiger partial charge in [-0.3, -0.25) is 14.7 Å². The highest BCUT2D eigenvalue weighted by molar-refractivity contribution is 5.44. The van der Waals surface area contributed by atoms with Crippen molar-refractivity contribution in [2.45, 2.75) is 58.2 Å². The first-order valence-electron chi connectivity index (χ1n) is 10.3. The van der Waals surface area contributed by atoms with Gasteiger partial charge in [0, 0.05) is 30.8 Å². The van der Waals surface area contributed by atoms with Crippen LogP contribution in [0.1, 0.15) is 55.2 Å². The molecule has 3 heterocycles. The monoisotopic (exact) mass is 343 g/mol. The molecule has 0 radical (unpaired) electrons. The molecular weight excluding hydrogens is 310 g/mol. The van der Waals surface area contributed by atoms with Crippen molar-refractivity contribution >= 4 is 0 Å². The average Bonchev–Trinajstić information content (AvgIpc) is 3.35. The minimum absolute atomic E-state index is 0.559. The topological polar surface area (TPSA) is 30.0 Å². The number of hydrogen-bond acceptors (Lipinski definition) is 4. The smallest absolute Gasteiger partial charge is 0.124 e. The molecular formula is C21H33N3O. The van der Waals surface area contributed by atoms with Crippen LogP contribution >= 0.6 is 0 Å². The molecule has 0 aromatic heterocycles. The lowest BCUT2D eigenvalue weighted by Gasteiger charge is -2.22. The summed E-state index contributed by atoms with van der Waals surface area (Å²) in [5.74, 6) is 0.559. The number of phenols is 1. The van der Waals surface area contributed by atoms with E-state index in [9.17, 15) is 5.11 Å². The minimum atomic E-state index is 0.559. The Labute approximate surface area is 152 Å². The van der Waals surface area contributed by atoms with Crippen LogP contribution in [0.25, 0.3) is 0 Å². The van der Waals surface area contributed by atoms with Gasteiger partial charge in [0.2, 0.25) is 0 Å². The molecule has 0 aliphatic carbocycles. The molecule has 3 saturated heterocycles. The van der Waals surface area contributed by atoms with E-state index in [2.05, 4.69) is 26.8 Å². The molecule has 1 aromatic carbocycles. The lowest BCUT2D eigenvalue weighted by Crippen LogP contribution is -2.22. The summed E-state index contributed by atoms with van der Waals surface area (Å²) in [7, 11) is 0. The first-order valence-corrected chi connectivity index (χ1v) is 10.3. The van der Waals surface area contributed by atoms with E-state index in [1.807, 2.05) is 0 Å². The van der Waals surface area contributed by atoms with Gasteiger partial charge >= 0.3 is 0 Å². The second kappa shape index (κ2) is 8.07. The van der Waals surface area contributed by atoms with Crippen LogP contribution in [-0.2, 0) is 19.6 Å². The molecule has 1 aromatic rings. The van der Waals surface area contributed by atoms with Gasteiger partial charge in [-0.25, -0.2) is 0 Å². The van der Waals surface area contributed by atoms with Crippen LogP contribution < -0.4 is 0 Å². The molecule has 4 rings (SSSR count). The Balaban J connectivity index is 1.55. The van der Waals surface area contributed by atoms with Crippen LogP contribution in [0.3, 0.4) is 0 Å². The molecule has 25 heavy (non-hydrogen) atoms. The van der Waals surface area contributed by atoms with Crippen molar-refractivity contribution in [2.75, 3.05) is 39.3 Å². The molecule has 0 saturated carbocycles. The summed E-state index contributed by atoms with van der Waals surface area (Å²) in [5, 5.41) is 10.9. The Kier molecular flexibility index (Phi) is 5.59. The molecule has 0 bridgehead atoms. The predicted molar refractivity (Wildman–Crippen MR) is 102 cm³/mol. The van der Waals surface area contributed by atoms with E-state index in [0.29, 0.717) is 5.75 Å². The van der Waals surface area contributed by atoms with Crippen LogP contribution in [0.4, 0.5) is 0 Å². The number of benzene rings is 1. The van der Waals surface area contributed by atoms with Gasteiger partial charge in [-0.2, -0.15) is 0 Å². The van der Waals surface area contributed by atoms with E-state index in [1.54, 1.807) is 0 Å². The zero-order valence-corrected chi connectivity index (χ0v) is 15.6. The molecule has 0 amide bonds. The Morgan fingerprint density at radius 1 is 0.600 bits per heavy atom. The Bertz CT molecular complexity index is 531. The number of nitrogens with zero attached hydrogens (tertiary/aromatic N) is 3. The lowest BCUT2D eigenvalue weighted by molar-refractivity contribution is 0.309. The second-order valence-corrected chi connectivity index (χ2v) is 8.21. The second-order valence-electron chi connectivity index (χ2n) is 8.21. The van der Waals surface area contributed by atoms with E-state index in [4.69, 9.17) is 0 Å². The predicted octanol–water partition coefficient (Wildman–Crippen LogP) is 3.18. The largest absolute Gasteiger partial charge is 0.507 e. The first-order chi connectivity index (χ1) is 12.3. The number of phenolic OH excluding ortho intramolecular Hbond substituents is 1. The Hall–Kier alpha value is -1.10. The van der Waals surface area contributed by atoms with Gasteiger partial charge in [-0.1, -0.05) is 0 Å². The van der Waals surface area contributed by atoms with Crippen molar-refractivity contribution in [3.63, 3.8) is 0 Å². The van der Waals surface area contributed by atoms with Crippen LogP contribution in [0.15, 0.2) is 12.1 Å². The van der Waals surface area contributed by atoms with Gasteiger partial charge in [0.05, 0.1) is 0 Å². The van der Waals surface area contributed by atoms with Crippen molar-refractivity contribution in [3.05, 3.63) is 28.8 Å². The van der Waals surface area contributed by atoms with Crippen molar-refractivity contribution < 1.29 is 5.11 Å². The van der Waals surface area contributed by atoms with E-state index < -0.39 is 0 Å². The molecule has 1 N–H and O–H groups in total. The maximum atomic E-state index is 10.9. The minimum Gasteiger partial charge on any atom is -0.507 e. The molecule has 0 spiro atoms. The third-order valence-corrected chi connectivity index (χ3v) is 6.12. The van der Waals surface area contributed by atoms with Crippen molar-refractivity contribution in [3.8, 4) is 5.75 Å². The summed E-state index contributed by atoms with van der Waals surface area (Å²) in [6.45, 7) is 10.0. The Morgan fingerprint density at radius 2 is 0.960 bits per heavy atom. The standard InChI is InChI=1S/C21H33N3O/c25-21-19(16-23-9-3-4-10-23)13-18(15-22-7-1-2-8-22)14-20(21)17-24-11-5-6-12-24/h13-14,25H,1-12,15-17H2. The zero-order chi connectivity index (χ0) is 17.1. The SMILES string of the molecule is Oc1c(CN2CCCC2)cc(CN2CCCC2)cc1CN1CCCC1. The molecule has 3 aliphatic heterocycles. The van der Waals surface area contributed by atoms with Crippen LogP contribution in [0, 0.1) is 0 Å². The highest BCUT2D eigenvalue weighted by Crippen LogP contribution is 2.30. The molecule has 0 atom stereocenters. The first kappa shape index (κ1) is 17.3. The molecule has 3 fully saturated rings. The fourth-order valence-corrected chi connectivity index (χ4v) is 4.73. The average molecular weight is 344 g/mol. The van der Waals surface area contributed by atoms with Gasteiger partial charge in [0.15, 0.2) is 0 Å². The van der Waals surface area contributed by atoms with E-state index in [-0.39, 0.29) is 0 Å². The maximum Gasteiger partial charge on any atom is 0.124 e. The van der Waals surface area contributed by atoms with Gasteiger partial charge in [-0.05, 0) is 95.5 Å². The summed E-state index contributed by atoms with van der Waals surface area (Å²) >= 11 is 0. The third-order valence-electron chi connectivity index (χ3n) is 6.12. The fourth-order valence-electron chi connectivity index (χ4n) is 4.73. The molecule has 4 heteroatoms. The number of rotatable bonds is 6. The van der Waals surface area contributed by atoms with Crippen LogP contribution in [-0.4, -0.2) is 59.1 Å². The summed E-state index contributed by atoms with van der Waals surface area (Å²) < 4.78 is 0. The number of aromatic hydroxyl groups is 1. The van der Waals surface area contributed by atoms with Gasteiger partial charge in [0.25, 0.3) is 0 Å². The van der Waals surface area contributed by atoms with Crippen molar-refractivity contribution in [1.82, 2.24) is 14.7 Å². The molecule has 4 nitrogen and oxygen atoms in total. The van der Waals surface area contributed by atoms with E-state index in [1.165, 1.54) is 83.4 Å². The van der Waals surface area contributed by atoms with Crippen molar-refractivity contribution in [2.24, 2.45) is 0 Å². The normalized spacial score (nSPS) is 23.0. The summed E-state index contributed by atoms with van der Waals surface area (Å²) in [6.07, 6.45) is 7.87. The van der Waals surface area contributed by atoms with Crippen LogP contribution in [0.5, 0.6) is 5.75 Å². The van der Waals surface area contributed by atoms with Gasteiger partial charge in [0.1, 0.15) is 5.75 Å². The highest BCUT2D eigenvalue weighted by Gasteiger charge is 2.20. The maximum absolute atomic E-state index is 10.9. The third kappa shape index (κ3) is 4.36. The molecule has 0 unspecified atom stereocenters. The highest BCUT2D eigenvalue weighted by atomic mass is 16.3. The Morgan fingerprint density at radius 3 is 1.36 bits per heavy atom. The van der Waals surface area contributed by atoms with E-state index >= 15 is 0 Å². The fraction of sp³-hybridized carbons (Fsp3) is 0.714. The molecule has 138 valence electrons. The number of hydrogen-bond donors (Lipinski definition) is 1. The zero-order valence-electron chi connectivity index (χ0n) is 15.6. The molecule has 3 aliphatic rings.